The van der Waals surface area contributed by atoms with Crippen molar-refractivity contribution in [3.05, 3.63) is 39.1 Å². The van der Waals surface area contributed by atoms with Gasteiger partial charge in [0.2, 0.25) is 10.5 Å². The summed E-state index contributed by atoms with van der Waals surface area (Å²) in [5.74, 6) is -2.81. The molecule has 0 saturated carbocycles. The van der Waals surface area contributed by atoms with Crippen LogP contribution in [0.2, 0.25) is 0 Å². The van der Waals surface area contributed by atoms with E-state index in [-0.39, 0.29) is 10.9 Å². The molecule has 8 nitrogen and oxygen atoms in total. The summed E-state index contributed by atoms with van der Waals surface area (Å²) in [7, 11) is 0. The molecule has 2 aromatic heterocycles. The van der Waals surface area contributed by atoms with E-state index in [0.29, 0.717) is 35.6 Å². The molecular weight excluding hydrogens is 394 g/mol. The number of hydrogen-bond donors (Lipinski definition) is 3. The van der Waals surface area contributed by atoms with E-state index >= 15 is 0 Å². The van der Waals surface area contributed by atoms with Crippen LogP contribution in [0.3, 0.4) is 0 Å². The molecule has 146 valence electrons. The van der Waals surface area contributed by atoms with Crippen LogP contribution in [0.25, 0.3) is 16.7 Å². The van der Waals surface area contributed by atoms with Crippen LogP contribution in [-0.4, -0.2) is 43.0 Å². The van der Waals surface area contributed by atoms with Gasteiger partial charge in [-0.1, -0.05) is 0 Å². The van der Waals surface area contributed by atoms with Gasteiger partial charge in [-0.15, -0.1) is 5.10 Å². The van der Waals surface area contributed by atoms with E-state index < -0.39 is 18.0 Å². The van der Waals surface area contributed by atoms with Crippen LogP contribution in [0.1, 0.15) is 6.42 Å². The molecule has 0 radical (unpaired) electrons. The van der Waals surface area contributed by atoms with Gasteiger partial charge >= 0.3 is 12.1 Å². The van der Waals surface area contributed by atoms with Crippen LogP contribution < -0.4 is 11.3 Å². The monoisotopic (exact) mass is 407 g/mol. The molecule has 0 aliphatic carbocycles. The van der Waals surface area contributed by atoms with E-state index in [1.807, 2.05) is 0 Å². The first kappa shape index (κ1) is 20.5. The van der Waals surface area contributed by atoms with Crippen molar-refractivity contribution in [1.29, 1.82) is 0 Å². The van der Waals surface area contributed by atoms with Gasteiger partial charge in [0.1, 0.15) is 5.82 Å². The van der Waals surface area contributed by atoms with Crippen LogP contribution in [0.5, 0.6) is 0 Å². The normalized spacial score (nSPS) is 11.4. The van der Waals surface area contributed by atoms with Crippen molar-refractivity contribution in [2.75, 3.05) is 6.54 Å². The van der Waals surface area contributed by atoms with Crippen LogP contribution >= 0.6 is 12.2 Å². The van der Waals surface area contributed by atoms with E-state index in [1.165, 1.54) is 22.8 Å². The average molecular weight is 407 g/mol. The molecule has 0 atom stereocenters. The lowest BCUT2D eigenvalue weighted by Gasteiger charge is -2.09. The molecule has 27 heavy (non-hydrogen) atoms. The molecular formula is C14H13F4N5O3S. The number of nitrogens with two attached hydrogens (primary N) is 1. The number of benzene rings is 1. The Morgan fingerprint density at radius 1 is 1.37 bits per heavy atom. The maximum atomic E-state index is 13.4. The average Bonchev–Trinajstić information content (AvgIpc) is 2.96. The van der Waals surface area contributed by atoms with E-state index in [0.717, 1.165) is 0 Å². The molecule has 2 heterocycles. The number of carbonyl (C=O) groups is 1. The Balaban J connectivity index is 0.000000321. The SMILES string of the molecule is NCCCn1c(=O)c2cc(F)ccc2n2c(=S)[nH]nc12.O=C(O)C(F)(F)F. The Morgan fingerprint density at radius 3 is 2.56 bits per heavy atom. The number of alkyl halides is 3. The largest absolute Gasteiger partial charge is 0.490 e. The van der Waals surface area contributed by atoms with Gasteiger partial charge in [0, 0.05) is 6.54 Å². The highest BCUT2D eigenvalue weighted by Gasteiger charge is 2.38. The van der Waals surface area contributed by atoms with Crippen LogP contribution in [0.4, 0.5) is 17.6 Å². The summed E-state index contributed by atoms with van der Waals surface area (Å²) in [4.78, 5) is 21.4. The molecule has 3 rings (SSSR count). The first-order valence-corrected chi connectivity index (χ1v) is 7.78. The summed E-state index contributed by atoms with van der Waals surface area (Å²) >= 11 is 5.17. The van der Waals surface area contributed by atoms with E-state index in [4.69, 9.17) is 27.9 Å². The lowest BCUT2D eigenvalue weighted by Crippen LogP contribution is -2.24. The van der Waals surface area contributed by atoms with Gasteiger partial charge in [-0.3, -0.25) is 13.8 Å². The smallest absolute Gasteiger partial charge is 0.475 e. The Kier molecular flexibility index (Phi) is 5.95. The molecule has 0 bridgehead atoms. The fourth-order valence-corrected chi connectivity index (χ4v) is 2.47. The number of nitrogens with zero attached hydrogens (tertiary/aromatic N) is 3. The molecule has 0 amide bonds. The molecule has 13 heteroatoms. The second-order valence-corrected chi connectivity index (χ2v) is 5.61. The van der Waals surface area contributed by atoms with Gasteiger partial charge < -0.3 is 10.8 Å². The number of rotatable bonds is 3. The molecule has 1 aromatic carbocycles. The zero-order chi connectivity index (χ0) is 20.4. The Bertz CT molecular complexity index is 1100. The Morgan fingerprint density at radius 2 is 2.00 bits per heavy atom. The molecule has 0 aliphatic rings. The highest BCUT2D eigenvalue weighted by Crippen LogP contribution is 2.15. The third-order valence-electron chi connectivity index (χ3n) is 3.40. The number of aromatic nitrogens is 4. The summed E-state index contributed by atoms with van der Waals surface area (Å²) in [6.07, 6.45) is -4.46. The number of nitrogens with one attached hydrogen (secondary N) is 1. The molecule has 4 N–H and O–H groups in total. The first-order chi connectivity index (χ1) is 12.6. The van der Waals surface area contributed by atoms with Crippen molar-refractivity contribution >= 4 is 34.9 Å². The minimum absolute atomic E-state index is 0.270. The number of H-pyrrole nitrogens is 1. The fraction of sp³-hybridized carbons (Fsp3) is 0.286. The Hall–Kier alpha value is -2.80. The predicted molar refractivity (Wildman–Crippen MR) is 89.5 cm³/mol. The standard InChI is InChI=1S/C12H12FN5OS.C2HF3O2/c13-7-2-3-9-8(6-7)10(19)17(5-1-4-14)11-15-16-12(20)18(9)11;3-2(4,5)1(6)7/h2-3,6H,1,4-5,14H2,(H,16,20);(H,6,7). The lowest BCUT2D eigenvalue weighted by molar-refractivity contribution is -0.192. The number of aliphatic carboxylic acids is 1. The fourth-order valence-electron chi connectivity index (χ4n) is 2.25. The van der Waals surface area contributed by atoms with Crippen molar-refractivity contribution in [3.63, 3.8) is 0 Å². The van der Waals surface area contributed by atoms with Crippen LogP contribution in [0.15, 0.2) is 23.0 Å². The third kappa shape index (κ3) is 4.31. The summed E-state index contributed by atoms with van der Waals surface area (Å²) in [6, 6.07) is 4.03. The topological polar surface area (TPSA) is 118 Å². The summed E-state index contributed by atoms with van der Waals surface area (Å²) < 4.78 is 48.6. The summed E-state index contributed by atoms with van der Waals surface area (Å²) in [5, 5.41) is 14.1. The lowest BCUT2D eigenvalue weighted by atomic mass is 10.2. The highest BCUT2D eigenvalue weighted by atomic mass is 32.1. The van der Waals surface area contributed by atoms with Gasteiger partial charge in [0.25, 0.3) is 5.56 Å². The second-order valence-electron chi connectivity index (χ2n) is 5.23. The number of carboxylic acids is 1. The molecule has 0 aliphatic heterocycles. The molecule has 0 spiro atoms. The second kappa shape index (κ2) is 7.84. The highest BCUT2D eigenvalue weighted by molar-refractivity contribution is 7.71. The van der Waals surface area contributed by atoms with E-state index in [1.54, 1.807) is 4.40 Å². The van der Waals surface area contributed by atoms with Crippen molar-refractivity contribution in [2.45, 2.75) is 19.1 Å². The van der Waals surface area contributed by atoms with Gasteiger partial charge in [-0.25, -0.2) is 14.3 Å². The van der Waals surface area contributed by atoms with Crippen LogP contribution in [0, 0.1) is 10.6 Å². The maximum Gasteiger partial charge on any atom is 0.490 e. The number of hydrogen-bond acceptors (Lipinski definition) is 5. The molecule has 0 fully saturated rings. The minimum Gasteiger partial charge on any atom is -0.475 e. The molecule has 3 aromatic rings. The third-order valence-corrected chi connectivity index (χ3v) is 3.67. The molecule has 0 unspecified atom stereocenters. The number of fused-ring (bicyclic) bond motifs is 3. The number of halogens is 4. The van der Waals surface area contributed by atoms with E-state index in [9.17, 15) is 22.4 Å². The quantitative estimate of drug-likeness (QED) is 0.450. The zero-order valence-corrected chi connectivity index (χ0v) is 14.3. The van der Waals surface area contributed by atoms with Crippen molar-refractivity contribution in [3.8, 4) is 0 Å². The van der Waals surface area contributed by atoms with Gasteiger partial charge in [-0.05, 0) is 43.4 Å². The van der Waals surface area contributed by atoms with Gasteiger partial charge in [0.15, 0.2) is 0 Å². The van der Waals surface area contributed by atoms with Crippen molar-refractivity contribution in [1.82, 2.24) is 19.2 Å². The van der Waals surface area contributed by atoms with Crippen molar-refractivity contribution in [2.24, 2.45) is 5.73 Å². The zero-order valence-electron chi connectivity index (χ0n) is 13.5. The Labute approximate surface area is 152 Å². The number of carboxylic acid groups (broad SMARTS) is 1. The number of aromatic amines is 1. The maximum absolute atomic E-state index is 13.4. The van der Waals surface area contributed by atoms with Crippen LogP contribution in [-0.2, 0) is 11.3 Å². The number of aryl methyl sites for hydroxylation is 1. The van der Waals surface area contributed by atoms with E-state index in [2.05, 4.69) is 10.2 Å². The minimum atomic E-state index is -5.08. The van der Waals surface area contributed by atoms with Crippen molar-refractivity contribution < 1.29 is 27.5 Å². The van der Waals surface area contributed by atoms with Gasteiger partial charge in [-0.2, -0.15) is 13.2 Å². The first-order valence-electron chi connectivity index (χ1n) is 7.37. The summed E-state index contributed by atoms with van der Waals surface area (Å²) in [6.45, 7) is 0.857. The predicted octanol–water partition coefficient (Wildman–Crippen LogP) is 1.83. The summed E-state index contributed by atoms with van der Waals surface area (Å²) in [5.41, 5.74) is 5.72. The molecule has 0 saturated heterocycles. The van der Waals surface area contributed by atoms with Gasteiger partial charge in [0.05, 0.1) is 10.9 Å².